The lowest BCUT2D eigenvalue weighted by Gasteiger charge is -2.39. The van der Waals surface area contributed by atoms with Crippen LogP contribution in [0.2, 0.25) is 0 Å². The van der Waals surface area contributed by atoms with E-state index in [1.54, 1.807) is 37.4 Å². The van der Waals surface area contributed by atoms with Gasteiger partial charge in [-0.05, 0) is 73.1 Å². The molecule has 2 saturated heterocycles. The van der Waals surface area contributed by atoms with Crippen LogP contribution in [0.1, 0.15) is 47.0 Å². The van der Waals surface area contributed by atoms with Crippen LogP contribution in [0.5, 0.6) is 5.88 Å². The molecule has 2 aromatic heterocycles. The number of hydrogen-bond acceptors (Lipinski definition) is 10. The minimum Gasteiger partial charge on any atom is -0.480 e. The molecule has 2 aliphatic heterocycles. The molecule has 4 aromatic rings. The largest absolute Gasteiger partial charge is 0.480 e. The lowest BCUT2D eigenvalue weighted by atomic mass is 9.76. The van der Waals surface area contributed by atoms with Crippen LogP contribution in [0.25, 0.3) is 16.8 Å². The summed E-state index contributed by atoms with van der Waals surface area (Å²) in [5.41, 5.74) is 7.66. The van der Waals surface area contributed by atoms with Crippen LogP contribution in [-0.4, -0.2) is 75.8 Å². The van der Waals surface area contributed by atoms with Gasteiger partial charge in [-0.15, -0.1) is 0 Å². The molecular formula is C33H34F3N7O5. The average Bonchev–Trinajstić information content (AvgIpc) is 3.69. The van der Waals surface area contributed by atoms with Gasteiger partial charge in [-0.1, -0.05) is 18.2 Å². The molecule has 0 bridgehead atoms. The summed E-state index contributed by atoms with van der Waals surface area (Å²) in [6, 6.07) is 13.3. The molecule has 0 saturated carbocycles. The highest BCUT2D eigenvalue weighted by Crippen LogP contribution is 2.43. The maximum atomic E-state index is 15.0. The van der Waals surface area contributed by atoms with Crippen molar-refractivity contribution in [3.8, 4) is 22.7 Å². The number of alkyl halides is 3. The Morgan fingerprint density at radius 2 is 1.77 bits per heavy atom. The van der Waals surface area contributed by atoms with Gasteiger partial charge in [-0.3, -0.25) is 4.79 Å². The molecule has 12 nitrogen and oxygen atoms in total. The number of nitrogens with zero attached hydrogens (tertiary/aromatic N) is 5. The van der Waals surface area contributed by atoms with Gasteiger partial charge in [-0.25, -0.2) is 9.48 Å². The molecule has 2 fully saturated rings. The van der Waals surface area contributed by atoms with Crippen LogP contribution >= 0.6 is 0 Å². The third kappa shape index (κ3) is 6.76. The number of ether oxygens (including phenoxy) is 2. The van der Waals surface area contributed by atoms with Gasteiger partial charge in [0.15, 0.2) is 0 Å². The van der Waals surface area contributed by atoms with Crippen molar-refractivity contribution in [2.75, 3.05) is 37.4 Å². The standard InChI is InChI=1S/C33H34F3N7O5/c1-19-9-12-43(41-19)25-8-7-22(20-3-5-21(6-4-20)30(46)47-2)15-23(25)28(33(34,35)36)48-27-16-26(39-31(37)40-27)42-13-10-32(11-14-42)17-24(29(44)45)38-18-32/h3-9,12,15-16,24,28,38H,10-11,13-14,17-18H2,1-2H3,(H,44,45)(H2,37,39,40)/t24-,28+/m0/s1. The zero-order valence-electron chi connectivity index (χ0n) is 26.2. The lowest BCUT2D eigenvalue weighted by Crippen LogP contribution is -2.41. The summed E-state index contributed by atoms with van der Waals surface area (Å²) < 4.78 is 56.7. The molecule has 0 amide bonds. The molecule has 0 aliphatic carbocycles. The van der Waals surface area contributed by atoms with Gasteiger partial charge in [0.25, 0.3) is 0 Å². The zero-order valence-corrected chi connectivity index (χ0v) is 26.2. The Hall–Kier alpha value is -5.18. The van der Waals surface area contributed by atoms with Crippen LogP contribution in [0.15, 0.2) is 60.8 Å². The predicted molar refractivity (Wildman–Crippen MR) is 169 cm³/mol. The predicted octanol–water partition coefficient (Wildman–Crippen LogP) is 4.72. The molecule has 4 heterocycles. The van der Waals surface area contributed by atoms with E-state index in [1.807, 2.05) is 4.90 Å². The molecule has 2 aromatic carbocycles. The molecule has 48 heavy (non-hydrogen) atoms. The van der Waals surface area contributed by atoms with Crippen molar-refractivity contribution in [3.63, 3.8) is 0 Å². The summed E-state index contributed by atoms with van der Waals surface area (Å²) in [5, 5.41) is 16.8. The number of benzene rings is 2. The zero-order chi connectivity index (χ0) is 34.2. The van der Waals surface area contributed by atoms with Crippen LogP contribution in [0.3, 0.4) is 0 Å². The Balaban J connectivity index is 1.32. The van der Waals surface area contributed by atoms with Crippen LogP contribution in [0.4, 0.5) is 24.9 Å². The molecule has 2 atom stereocenters. The second-order valence-electron chi connectivity index (χ2n) is 12.2. The summed E-state index contributed by atoms with van der Waals surface area (Å²) in [5.74, 6) is -1.71. The molecule has 2 aliphatic rings. The van der Waals surface area contributed by atoms with Gasteiger partial charge in [0.2, 0.25) is 17.9 Å². The average molecular weight is 666 g/mol. The Labute approximate surface area is 273 Å². The van der Waals surface area contributed by atoms with E-state index >= 15 is 0 Å². The van der Waals surface area contributed by atoms with Crippen molar-refractivity contribution in [3.05, 3.63) is 77.6 Å². The van der Waals surface area contributed by atoms with E-state index in [4.69, 9.17) is 15.2 Å². The van der Waals surface area contributed by atoms with Gasteiger partial charge < -0.3 is 30.5 Å². The van der Waals surface area contributed by atoms with E-state index in [2.05, 4.69) is 20.4 Å². The summed E-state index contributed by atoms with van der Waals surface area (Å²) in [6.07, 6.45) is -3.94. The third-order valence-corrected chi connectivity index (χ3v) is 8.97. The second kappa shape index (κ2) is 12.8. The minimum absolute atomic E-state index is 0.147. The number of piperidine rings is 1. The highest BCUT2D eigenvalue weighted by Gasteiger charge is 2.46. The Bertz CT molecular complexity index is 1820. The maximum absolute atomic E-state index is 15.0. The summed E-state index contributed by atoms with van der Waals surface area (Å²) >= 11 is 0. The Morgan fingerprint density at radius 3 is 2.38 bits per heavy atom. The highest BCUT2D eigenvalue weighted by molar-refractivity contribution is 5.90. The minimum atomic E-state index is -4.89. The fraction of sp³-hybridized carbons (Fsp3) is 0.364. The maximum Gasteiger partial charge on any atom is 0.429 e. The third-order valence-electron chi connectivity index (χ3n) is 8.97. The van der Waals surface area contributed by atoms with Crippen molar-refractivity contribution < 1.29 is 37.3 Å². The number of carboxylic acids is 1. The fourth-order valence-electron chi connectivity index (χ4n) is 6.38. The Morgan fingerprint density at radius 1 is 1.06 bits per heavy atom. The van der Waals surface area contributed by atoms with Crippen LogP contribution in [-0.2, 0) is 9.53 Å². The van der Waals surface area contributed by atoms with Crippen LogP contribution < -0.4 is 20.7 Å². The normalized spacial score (nSPS) is 18.1. The number of rotatable bonds is 8. The molecule has 6 rings (SSSR count). The van der Waals surface area contributed by atoms with E-state index in [0.29, 0.717) is 67.1 Å². The molecule has 252 valence electrons. The number of anilines is 2. The highest BCUT2D eigenvalue weighted by atomic mass is 19.4. The van der Waals surface area contributed by atoms with Crippen LogP contribution in [0, 0.1) is 12.3 Å². The number of halogens is 3. The van der Waals surface area contributed by atoms with Gasteiger partial charge in [0, 0.05) is 37.5 Å². The van der Waals surface area contributed by atoms with Crippen molar-refractivity contribution >= 4 is 23.7 Å². The smallest absolute Gasteiger partial charge is 0.429 e. The van der Waals surface area contributed by atoms with Crippen molar-refractivity contribution in [1.29, 1.82) is 0 Å². The number of aliphatic carboxylic acids is 1. The summed E-state index contributed by atoms with van der Waals surface area (Å²) in [6.45, 7) is 3.32. The number of methoxy groups -OCH3 is 1. The number of carboxylic acid groups (broad SMARTS) is 1. The summed E-state index contributed by atoms with van der Waals surface area (Å²) in [4.78, 5) is 33.6. The number of carbonyl (C=O) groups is 2. The number of nitrogen functional groups attached to an aromatic ring is 1. The van der Waals surface area contributed by atoms with Gasteiger partial charge in [-0.2, -0.15) is 28.2 Å². The van der Waals surface area contributed by atoms with Gasteiger partial charge in [0.1, 0.15) is 11.9 Å². The number of hydrogen-bond donors (Lipinski definition) is 3. The number of nitrogens with two attached hydrogens (primary N) is 1. The number of esters is 1. The molecular weight excluding hydrogens is 631 g/mol. The summed E-state index contributed by atoms with van der Waals surface area (Å²) in [7, 11) is 1.26. The van der Waals surface area contributed by atoms with E-state index < -0.39 is 30.3 Å². The number of nitrogens with one attached hydrogen (secondary N) is 1. The first-order chi connectivity index (χ1) is 22.8. The number of aryl methyl sites for hydroxylation is 1. The van der Waals surface area contributed by atoms with E-state index in [0.717, 1.165) is 0 Å². The monoisotopic (exact) mass is 665 g/mol. The van der Waals surface area contributed by atoms with E-state index in [-0.39, 0.29) is 28.5 Å². The molecule has 4 N–H and O–H groups in total. The number of aromatic nitrogens is 4. The first-order valence-corrected chi connectivity index (χ1v) is 15.3. The molecule has 1 spiro atoms. The van der Waals surface area contributed by atoms with Gasteiger partial charge in [0.05, 0.1) is 24.1 Å². The first kappa shape index (κ1) is 32.7. The van der Waals surface area contributed by atoms with E-state index in [1.165, 1.54) is 42.1 Å². The lowest BCUT2D eigenvalue weighted by molar-refractivity contribution is -0.198. The molecule has 15 heteroatoms. The SMILES string of the molecule is COC(=O)c1ccc(-c2ccc(-n3ccc(C)n3)c([C@@H](Oc3cc(N4CCC5(CC4)CN[C@H](C(=O)O)C5)nc(N)n3)C(F)(F)F)c2)cc1. The van der Waals surface area contributed by atoms with E-state index in [9.17, 15) is 27.9 Å². The number of carbonyl (C=O) groups excluding carboxylic acids is 1. The van der Waals surface area contributed by atoms with Crippen molar-refractivity contribution in [2.24, 2.45) is 5.41 Å². The quantitative estimate of drug-likeness (QED) is 0.224. The van der Waals surface area contributed by atoms with Gasteiger partial charge >= 0.3 is 18.1 Å². The fourth-order valence-corrected chi connectivity index (χ4v) is 6.38. The van der Waals surface area contributed by atoms with Crippen molar-refractivity contribution in [1.82, 2.24) is 25.1 Å². The first-order valence-electron chi connectivity index (χ1n) is 15.3. The second-order valence-corrected chi connectivity index (χ2v) is 12.2. The topological polar surface area (TPSA) is 158 Å². The molecule has 0 unspecified atom stereocenters. The molecule has 0 radical (unpaired) electrons. The van der Waals surface area contributed by atoms with Crippen molar-refractivity contribution in [2.45, 2.75) is 44.5 Å². The Kier molecular flexibility index (Phi) is 8.72.